The van der Waals surface area contributed by atoms with Gasteiger partial charge in [-0.1, -0.05) is 86.6 Å². The van der Waals surface area contributed by atoms with Gasteiger partial charge < -0.3 is 14.7 Å². The van der Waals surface area contributed by atoms with Crippen molar-refractivity contribution in [1.29, 1.82) is 0 Å². The second-order valence-corrected chi connectivity index (χ2v) is 13.7. The predicted octanol–water partition coefficient (Wildman–Crippen LogP) is 5.21. The van der Waals surface area contributed by atoms with E-state index in [0.29, 0.717) is 35.5 Å². The van der Waals surface area contributed by atoms with Gasteiger partial charge in [-0.3, -0.25) is 14.5 Å². The van der Waals surface area contributed by atoms with Crippen molar-refractivity contribution in [1.82, 2.24) is 24.7 Å². The van der Waals surface area contributed by atoms with E-state index in [1.807, 2.05) is 40.1 Å². The number of carbonyl (C=O) groups excluding carboxylic acids is 2. The number of piperazine rings is 2. The van der Waals surface area contributed by atoms with Crippen molar-refractivity contribution in [3.8, 4) is 0 Å². The summed E-state index contributed by atoms with van der Waals surface area (Å²) in [5.41, 5.74) is 3.25. The molecular weight excluding hydrogens is 580 g/mol. The van der Waals surface area contributed by atoms with Crippen LogP contribution in [0, 0.1) is 0 Å². The zero-order valence-corrected chi connectivity index (χ0v) is 27.1. The highest BCUT2D eigenvalue weighted by Gasteiger charge is 2.30. The van der Waals surface area contributed by atoms with E-state index in [2.05, 4.69) is 66.7 Å². The van der Waals surface area contributed by atoms with E-state index in [0.717, 1.165) is 38.5 Å². The maximum absolute atomic E-state index is 13.3. The van der Waals surface area contributed by atoms with Crippen LogP contribution in [0.2, 0.25) is 5.15 Å². The zero-order chi connectivity index (χ0) is 30.6. The van der Waals surface area contributed by atoms with Gasteiger partial charge in [0.05, 0.1) is 5.75 Å². The Hall–Kier alpha value is -3.14. The zero-order valence-electron chi connectivity index (χ0n) is 25.5. The molecule has 2 saturated heterocycles. The van der Waals surface area contributed by atoms with E-state index in [1.54, 1.807) is 6.07 Å². The Labute approximate surface area is 264 Å². The molecule has 1 atom stereocenters. The molecule has 8 nitrogen and oxygen atoms in total. The first-order chi connectivity index (χ1) is 20.6. The van der Waals surface area contributed by atoms with Crippen molar-refractivity contribution in [3.63, 3.8) is 0 Å². The fraction of sp³-hybridized carbons (Fsp3) is 0.455. The normalized spacial score (nSPS) is 18.2. The molecule has 2 aromatic carbocycles. The minimum absolute atomic E-state index is 0.00415. The number of thioether (sulfide) groups is 1. The first kappa shape index (κ1) is 31.3. The van der Waals surface area contributed by atoms with Gasteiger partial charge in [-0.05, 0) is 35.6 Å². The fourth-order valence-corrected chi connectivity index (χ4v) is 6.56. The number of amides is 2. The van der Waals surface area contributed by atoms with Crippen LogP contribution in [-0.4, -0.2) is 94.1 Å². The Morgan fingerprint density at radius 2 is 1.63 bits per heavy atom. The summed E-state index contributed by atoms with van der Waals surface area (Å²) >= 11 is 7.72. The fourth-order valence-electron chi connectivity index (χ4n) is 5.57. The molecule has 3 heterocycles. The molecule has 0 spiro atoms. The summed E-state index contributed by atoms with van der Waals surface area (Å²) in [5, 5.41) is 0.836. The van der Waals surface area contributed by atoms with Crippen LogP contribution in [0.1, 0.15) is 49.2 Å². The van der Waals surface area contributed by atoms with Gasteiger partial charge in [0.15, 0.2) is 5.16 Å². The molecule has 0 saturated carbocycles. The molecule has 5 rings (SSSR count). The van der Waals surface area contributed by atoms with Crippen molar-refractivity contribution in [2.75, 3.05) is 56.5 Å². The van der Waals surface area contributed by atoms with Crippen LogP contribution >= 0.6 is 23.4 Å². The molecular formula is C33H41ClN6O2S. The Morgan fingerprint density at radius 3 is 2.28 bits per heavy atom. The molecule has 43 heavy (non-hydrogen) atoms. The average Bonchev–Trinajstić information content (AvgIpc) is 3.00. The third-order valence-electron chi connectivity index (χ3n) is 8.17. The van der Waals surface area contributed by atoms with E-state index in [1.165, 1.54) is 22.9 Å². The number of aromatic nitrogens is 2. The third kappa shape index (κ3) is 8.08. The first-order valence-corrected chi connectivity index (χ1v) is 16.3. The second-order valence-electron chi connectivity index (χ2n) is 12.4. The van der Waals surface area contributed by atoms with Gasteiger partial charge in [0, 0.05) is 70.0 Å². The number of benzene rings is 2. The monoisotopic (exact) mass is 620 g/mol. The van der Waals surface area contributed by atoms with E-state index >= 15 is 0 Å². The van der Waals surface area contributed by atoms with Crippen molar-refractivity contribution < 1.29 is 9.59 Å². The van der Waals surface area contributed by atoms with E-state index in [4.69, 9.17) is 16.6 Å². The molecule has 1 unspecified atom stereocenters. The van der Waals surface area contributed by atoms with E-state index in [9.17, 15) is 9.59 Å². The molecule has 2 aliphatic rings. The highest BCUT2D eigenvalue weighted by Crippen LogP contribution is 2.26. The summed E-state index contributed by atoms with van der Waals surface area (Å²) in [5.74, 6) is 1.12. The smallest absolute Gasteiger partial charge is 0.254 e. The second kappa shape index (κ2) is 13.7. The highest BCUT2D eigenvalue weighted by atomic mass is 35.5. The number of rotatable bonds is 7. The summed E-state index contributed by atoms with van der Waals surface area (Å²) in [7, 11) is 0. The van der Waals surface area contributed by atoms with Crippen LogP contribution < -0.4 is 4.90 Å². The molecule has 2 amide bonds. The summed E-state index contributed by atoms with van der Waals surface area (Å²) in [6, 6.07) is 20.1. The maximum Gasteiger partial charge on any atom is 0.254 e. The highest BCUT2D eigenvalue weighted by molar-refractivity contribution is 7.99. The summed E-state index contributed by atoms with van der Waals surface area (Å²) in [4.78, 5) is 43.8. The van der Waals surface area contributed by atoms with Gasteiger partial charge in [-0.15, -0.1) is 0 Å². The molecule has 2 aliphatic heterocycles. The maximum atomic E-state index is 13.3. The van der Waals surface area contributed by atoms with Crippen molar-refractivity contribution in [2.45, 2.75) is 50.9 Å². The van der Waals surface area contributed by atoms with Crippen LogP contribution in [-0.2, 0) is 16.8 Å². The lowest BCUT2D eigenvalue weighted by Gasteiger charge is -2.40. The van der Waals surface area contributed by atoms with Gasteiger partial charge in [-0.25, -0.2) is 9.97 Å². The minimum Gasteiger partial charge on any atom is -0.353 e. The van der Waals surface area contributed by atoms with Gasteiger partial charge in [0.25, 0.3) is 5.91 Å². The van der Waals surface area contributed by atoms with Gasteiger partial charge in [0.2, 0.25) is 5.91 Å². The Balaban J connectivity index is 1.13. The van der Waals surface area contributed by atoms with Crippen LogP contribution in [0.5, 0.6) is 0 Å². The summed E-state index contributed by atoms with van der Waals surface area (Å²) in [6.45, 7) is 14.5. The Morgan fingerprint density at radius 1 is 0.930 bits per heavy atom. The standard InChI is InChI=1S/C33H41ClN6O2S/c1-24-21-39(18-19-40(24)31(42)26-10-12-27(13-11-26)33(2,3)4)29-20-28(34)35-32(36-29)43-23-30(41)38-16-14-37(15-17-38)22-25-8-6-5-7-9-25/h5-13,20,24H,14-19,21-23H2,1-4H3. The molecule has 0 N–H and O–H groups in total. The van der Waals surface area contributed by atoms with E-state index < -0.39 is 0 Å². The third-order valence-corrected chi connectivity index (χ3v) is 9.20. The average molecular weight is 621 g/mol. The first-order valence-electron chi connectivity index (χ1n) is 14.9. The van der Waals surface area contributed by atoms with Crippen LogP contribution in [0.25, 0.3) is 0 Å². The molecule has 0 radical (unpaired) electrons. The molecule has 1 aromatic heterocycles. The largest absolute Gasteiger partial charge is 0.353 e. The summed E-state index contributed by atoms with van der Waals surface area (Å²) in [6.07, 6.45) is 0. The van der Waals surface area contributed by atoms with Gasteiger partial charge >= 0.3 is 0 Å². The molecule has 2 fully saturated rings. The SMILES string of the molecule is CC1CN(c2cc(Cl)nc(SCC(=O)N3CCN(Cc4ccccc4)CC3)n2)CCN1C(=O)c1ccc(C(C)(C)C)cc1. The number of anilines is 1. The lowest BCUT2D eigenvalue weighted by atomic mass is 9.86. The molecule has 228 valence electrons. The van der Waals surface area contributed by atoms with Crippen LogP contribution in [0.3, 0.4) is 0 Å². The minimum atomic E-state index is -0.00415. The molecule has 0 bridgehead atoms. The number of hydrogen-bond acceptors (Lipinski definition) is 7. The topological polar surface area (TPSA) is 72.9 Å². The number of nitrogens with zero attached hydrogens (tertiary/aromatic N) is 6. The van der Waals surface area contributed by atoms with Gasteiger partial charge in [0.1, 0.15) is 11.0 Å². The van der Waals surface area contributed by atoms with Crippen molar-refractivity contribution >= 4 is 41.0 Å². The lowest BCUT2D eigenvalue weighted by Crippen LogP contribution is -2.54. The quantitative estimate of drug-likeness (QED) is 0.204. The number of carbonyl (C=O) groups is 2. The molecule has 0 aliphatic carbocycles. The van der Waals surface area contributed by atoms with E-state index in [-0.39, 0.29) is 29.0 Å². The van der Waals surface area contributed by atoms with Crippen molar-refractivity contribution in [3.05, 3.63) is 82.5 Å². The number of halogens is 1. The Kier molecular flexibility index (Phi) is 9.94. The lowest BCUT2D eigenvalue weighted by molar-refractivity contribution is -0.130. The van der Waals surface area contributed by atoms with Crippen LogP contribution in [0.15, 0.2) is 65.8 Å². The predicted molar refractivity (Wildman–Crippen MR) is 174 cm³/mol. The molecule has 10 heteroatoms. The number of hydrogen-bond donors (Lipinski definition) is 0. The van der Waals surface area contributed by atoms with Crippen molar-refractivity contribution in [2.24, 2.45) is 0 Å². The Bertz CT molecular complexity index is 1410. The summed E-state index contributed by atoms with van der Waals surface area (Å²) < 4.78 is 0. The van der Waals surface area contributed by atoms with Gasteiger partial charge in [-0.2, -0.15) is 0 Å². The van der Waals surface area contributed by atoms with Crippen LogP contribution in [0.4, 0.5) is 5.82 Å². The molecule has 3 aromatic rings.